The summed E-state index contributed by atoms with van der Waals surface area (Å²) in [6.45, 7) is 1.12. The van der Waals surface area contributed by atoms with Crippen molar-refractivity contribution in [2.24, 2.45) is 0 Å². The van der Waals surface area contributed by atoms with Crippen LogP contribution in [0.5, 0.6) is 5.75 Å². The van der Waals surface area contributed by atoms with Crippen LogP contribution >= 0.6 is 0 Å². The van der Waals surface area contributed by atoms with Crippen LogP contribution < -0.4 is 20.9 Å². The highest BCUT2D eigenvalue weighted by Gasteiger charge is 2.18. The fourth-order valence-corrected chi connectivity index (χ4v) is 1.79. The maximum Gasteiger partial charge on any atom is 0.287 e. The van der Waals surface area contributed by atoms with Crippen molar-refractivity contribution in [1.82, 2.24) is 16.2 Å². The van der Waals surface area contributed by atoms with Gasteiger partial charge in [0.05, 0.1) is 17.9 Å². The molecule has 9 heteroatoms. The fourth-order valence-electron chi connectivity index (χ4n) is 1.79. The van der Waals surface area contributed by atoms with Crippen LogP contribution in [0.2, 0.25) is 0 Å². The van der Waals surface area contributed by atoms with Gasteiger partial charge in [-0.3, -0.25) is 25.2 Å². The summed E-state index contributed by atoms with van der Waals surface area (Å²) in [5, 5.41) is 11.1. The number of nitrogens with one attached hydrogen (secondary N) is 3. The number of ether oxygens (including phenoxy) is 1. The van der Waals surface area contributed by atoms with E-state index >= 15 is 0 Å². The number of nitrogens with zero attached hydrogens (tertiary/aromatic N) is 1. The van der Waals surface area contributed by atoms with Crippen molar-refractivity contribution < 1.29 is 23.5 Å². The first-order chi connectivity index (χ1) is 12.5. The number of hydrazine groups is 1. The highest BCUT2D eigenvalue weighted by atomic mass is 16.5. The first-order valence-electron chi connectivity index (χ1n) is 7.55. The fraction of sp³-hybridized carbons (Fsp3) is 0.176. The molecular weight excluding hydrogens is 340 g/mol. The molecule has 26 heavy (non-hydrogen) atoms. The van der Waals surface area contributed by atoms with Gasteiger partial charge >= 0.3 is 0 Å². The quantitative estimate of drug-likeness (QED) is 0.645. The number of nitriles is 1. The largest absolute Gasteiger partial charge is 0.484 e. The number of rotatable bonds is 6. The molecule has 0 spiro atoms. The molecule has 0 fully saturated rings. The maximum atomic E-state index is 11.9. The summed E-state index contributed by atoms with van der Waals surface area (Å²) in [5.74, 6) is -1.27. The van der Waals surface area contributed by atoms with E-state index in [0.29, 0.717) is 11.3 Å². The Hall–Kier alpha value is -3.80. The monoisotopic (exact) mass is 356 g/mol. The molecule has 0 radical (unpaired) electrons. The van der Waals surface area contributed by atoms with Gasteiger partial charge in [0, 0.05) is 0 Å². The second-order valence-corrected chi connectivity index (χ2v) is 5.13. The third-order valence-electron chi connectivity index (χ3n) is 3.16. The van der Waals surface area contributed by atoms with Gasteiger partial charge < -0.3 is 14.5 Å². The summed E-state index contributed by atoms with van der Waals surface area (Å²) >= 11 is 0. The Kier molecular flexibility index (Phi) is 6.34. The average Bonchev–Trinajstić information content (AvgIpc) is 3.19. The number of carbonyl (C=O) groups is 3. The van der Waals surface area contributed by atoms with E-state index in [0.717, 1.165) is 0 Å². The first-order valence-corrected chi connectivity index (χ1v) is 7.55. The van der Waals surface area contributed by atoms with E-state index in [4.69, 9.17) is 14.4 Å². The number of amides is 3. The second-order valence-electron chi connectivity index (χ2n) is 5.13. The van der Waals surface area contributed by atoms with E-state index in [-0.39, 0.29) is 12.4 Å². The Morgan fingerprint density at radius 2 is 1.92 bits per heavy atom. The van der Waals surface area contributed by atoms with Gasteiger partial charge in [-0.25, -0.2) is 0 Å². The Morgan fingerprint density at radius 3 is 2.54 bits per heavy atom. The van der Waals surface area contributed by atoms with Crippen LogP contribution in [-0.2, 0) is 9.59 Å². The van der Waals surface area contributed by atoms with Gasteiger partial charge in [-0.2, -0.15) is 5.26 Å². The minimum Gasteiger partial charge on any atom is -0.484 e. The third-order valence-corrected chi connectivity index (χ3v) is 3.16. The molecule has 0 aliphatic carbocycles. The average molecular weight is 356 g/mol. The van der Waals surface area contributed by atoms with Gasteiger partial charge in [0.25, 0.3) is 17.7 Å². The molecule has 0 unspecified atom stereocenters. The summed E-state index contributed by atoms with van der Waals surface area (Å²) < 4.78 is 10.1. The SMILES string of the molecule is C[C@H](NC(=O)c1ccco1)C(=O)NNC(=O)COc1ccc(C#N)cc1. The van der Waals surface area contributed by atoms with Crippen LogP contribution in [0.25, 0.3) is 0 Å². The lowest BCUT2D eigenvalue weighted by molar-refractivity contribution is -0.130. The van der Waals surface area contributed by atoms with E-state index in [1.165, 1.54) is 19.3 Å². The molecule has 1 aromatic carbocycles. The standard InChI is InChI=1S/C17H16N4O5/c1-11(19-17(24)14-3-2-8-25-14)16(23)21-20-15(22)10-26-13-6-4-12(9-18)5-7-13/h2-8,11H,10H2,1H3,(H,19,24)(H,20,22)(H,21,23)/t11-/m0/s1. The summed E-state index contributed by atoms with van der Waals surface area (Å²) in [7, 11) is 0. The van der Waals surface area contributed by atoms with Crippen LogP contribution in [0.15, 0.2) is 47.1 Å². The molecule has 2 aromatic rings. The molecule has 0 aliphatic heterocycles. The molecule has 1 aromatic heterocycles. The molecule has 134 valence electrons. The molecule has 0 saturated heterocycles. The predicted octanol–water partition coefficient (Wildman–Crippen LogP) is 0.496. The number of hydrogen-bond donors (Lipinski definition) is 3. The Morgan fingerprint density at radius 1 is 1.19 bits per heavy atom. The smallest absolute Gasteiger partial charge is 0.287 e. The van der Waals surface area contributed by atoms with Gasteiger partial charge in [-0.05, 0) is 43.3 Å². The van der Waals surface area contributed by atoms with E-state index in [1.807, 2.05) is 6.07 Å². The number of carbonyl (C=O) groups excluding carboxylic acids is 3. The topological polar surface area (TPSA) is 133 Å². The van der Waals surface area contributed by atoms with Crippen LogP contribution in [0.4, 0.5) is 0 Å². The van der Waals surface area contributed by atoms with Crippen LogP contribution in [0, 0.1) is 11.3 Å². The molecule has 3 amide bonds. The summed E-state index contributed by atoms with van der Waals surface area (Å²) in [5.41, 5.74) is 4.83. The van der Waals surface area contributed by atoms with Crippen LogP contribution in [-0.4, -0.2) is 30.4 Å². The number of furan rings is 1. The lowest BCUT2D eigenvalue weighted by Gasteiger charge is -2.14. The summed E-state index contributed by atoms with van der Waals surface area (Å²) in [6.07, 6.45) is 1.34. The van der Waals surface area contributed by atoms with Crippen molar-refractivity contribution in [3.63, 3.8) is 0 Å². The third kappa shape index (κ3) is 5.38. The van der Waals surface area contributed by atoms with E-state index in [9.17, 15) is 14.4 Å². The molecule has 1 heterocycles. The normalized spacial score (nSPS) is 10.9. The highest BCUT2D eigenvalue weighted by Crippen LogP contribution is 2.11. The van der Waals surface area contributed by atoms with Crippen LogP contribution in [0.1, 0.15) is 23.0 Å². The Labute approximate surface area is 148 Å². The van der Waals surface area contributed by atoms with Gasteiger partial charge in [-0.15, -0.1) is 0 Å². The predicted molar refractivity (Wildman–Crippen MR) is 88.6 cm³/mol. The molecular formula is C17H16N4O5. The van der Waals surface area contributed by atoms with Crippen molar-refractivity contribution in [1.29, 1.82) is 5.26 Å². The van der Waals surface area contributed by atoms with Crippen LogP contribution in [0.3, 0.4) is 0 Å². The number of benzene rings is 1. The zero-order valence-electron chi connectivity index (χ0n) is 13.8. The maximum absolute atomic E-state index is 11.9. The van der Waals surface area contributed by atoms with Crippen molar-refractivity contribution in [3.05, 3.63) is 54.0 Å². The van der Waals surface area contributed by atoms with Crippen molar-refractivity contribution in [2.45, 2.75) is 13.0 Å². The zero-order valence-corrected chi connectivity index (χ0v) is 13.8. The van der Waals surface area contributed by atoms with E-state index in [2.05, 4.69) is 16.2 Å². The number of hydrogen-bond acceptors (Lipinski definition) is 6. The Balaban J connectivity index is 1.71. The van der Waals surface area contributed by atoms with Gasteiger partial charge in [0.2, 0.25) is 0 Å². The van der Waals surface area contributed by atoms with E-state index in [1.54, 1.807) is 30.3 Å². The molecule has 0 aliphatic rings. The second kappa shape index (κ2) is 8.89. The molecule has 2 rings (SSSR count). The summed E-state index contributed by atoms with van der Waals surface area (Å²) in [4.78, 5) is 35.3. The summed E-state index contributed by atoms with van der Waals surface area (Å²) in [6, 6.07) is 10.3. The first kappa shape index (κ1) is 18.5. The van der Waals surface area contributed by atoms with Gasteiger partial charge in [0.1, 0.15) is 11.8 Å². The molecule has 9 nitrogen and oxygen atoms in total. The van der Waals surface area contributed by atoms with Gasteiger partial charge in [0.15, 0.2) is 12.4 Å². The Bertz CT molecular complexity index is 809. The molecule has 0 bridgehead atoms. The molecule has 0 saturated carbocycles. The molecule has 1 atom stereocenters. The van der Waals surface area contributed by atoms with Crippen molar-refractivity contribution in [3.8, 4) is 11.8 Å². The van der Waals surface area contributed by atoms with Crippen molar-refractivity contribution >= 4 is 17.7 Å². The lowest BCUT2D eigenvalue weighted by atomic mass is 10.2. The lowest BCUT2D eigenvalue weighted by Crippen LogP contribution is -2.51. The van der Waals surface area contributed by atoms with E-state index < -0.39 is 23.8 Å². The zero-order chi connectivity index (χ0) is 18.9. The van der Waals surface area contributed by atoms with Crippen molar-refractivity contribution in [2.75, 3.05) is 6.61 Å². The highest BCUT2D eigenvalue weighted by molar-refractivity contribution is 5.95. The molecule has 3 N–H and O–H groups in total. The minimum atomic E-state index is -0.896. The van der Waals surface area contributed by atoms with Gasteiger partial charge in [-0.1, -0.05) is 0 Å². The minimum absolute atomic E-state index is 0.0736.